The second kappa shape index (κ2) is 11.7. The Morgan fingerprint density at radius 1 is 0.929 bits per heavy atom. The average Bonchev–Trinajstić information content (AvgIpc) is 2.74. The molecule has 0 saturated carbocycles. The van der Waals surface area contributed by atoms with Crippen molar-refractivity contribution in [2.75, 3.05) is 27.4 Å². The van der Waals surface area contributed by atoms with E-state index in [1.165, 1.54) is 0 Å². The Balaban J connectivity index is 2.00. The Morgan fingerprint density at radius 2 is 1.75 bits per heavy atom. The highest BCUT2D eigenvalue weighted by molar-refractivity contribution is 5.79. The van der Waals surface area contributed by atoms with Gasteiger partial charge in [0, 0.05) is 13.1 Å². The average molecular weight is 386 g/mol. The quantitative estimate of drug-likeness (QED) is 0.482. The summed E-state index contributed by atoms with van der Waals surface area (Å²) in [7, 11) is 3.27. The molecule has 2 aromatic carbocycles. The lowest BCUT2D eigenvalue weighted by Gasteiger charge is -2.13. The van der Waals surface area contributed by atoms with Crippen molar-refractivity contribution in [3.8, 4) is 17.2 Å². The van der Waals surface area contributed by atoms with Gasteiger partial charge in [0.05, 0.1) is 27.4 Å². The fraction of sp³-hybridized carbons (Fsp3) is 0.409. The molecule has 2 aromatic rings. The molecular formula is C22H31N3O3. The molecule has 0 spiro atoms. The summed E-state index contributed by atoms with van der Waals surface area (Å²) in [6, 6.07) is 13.9. The van der Waals surface area contributed by atoms with Gasteiger partial charge >= 0.3 is 0 Å². The summed E-state index contributed by atoms with van der Waals surface area (Å²) in [6.45, 7) is 6.86. The summed E-state index contributed by atoms with van der Waals surface area (Å²) in [5, 5.41) is 6.63. The molecule has 6 nitrogen and oxygen atoms in total. The fourth-order valence-electron chi connectivity index (χ4n) is 2.64. The van der Waals surface area contributed by atoms with Gasteiger partial charge in [-0.15, -0.1) is 0 Å². The molecule has 6 heteroatoms. The predicted molar refractivity (Wildman–Crippen MR) is 113 cm³/mol. The SMILES string of the molecule is CCCOc1cccc(CN=C(NCC)NCc2ccc(OC)c(OC)c2)c1. The molecule has 0 heterocycles. The highest BCUT2D eigenvalue weighted by atomic mass is 16.5. The first kappa shape index (κ1) is 21.4. The van der Waals surface area contributed by atoms with Gasteiger partial charge in [0.25, 0.3) is 0 Å². The van der Waals surface area contributed by atoms with Crippen molar-refractivity contribution in [1.82, 2.24) is 10.6 Å². The van der Waals surface area contributed by atoms with Gasteiger partial charge < -0.3 is 24.8 Å². The first-order valence-corrected chi connectivity index (χ1v) is 9.65. The number of ether oxygens (including phenoxy) is 3. The zero-order valence-electron chi connectivity index (χ0n) is 17.2. The molecule has 0 atom stereocenters. The first-order valence-electron chi connectivity index (χ1n) is 9.65. The number of aliphatic imine (C=N–C) groups is 1. The molecule has 152 valence electrons. The third kappa shape index (κ3) is 6.68. The normalized spacial score (nSPS) is 11.1. The molecule has 0 aromatic heterocycles. The molecule has 0 aliphatic heterocycles. The smallest absolute Gasteiger partial charge is 0.191 e. The number of hydrogen-bond donors (Lipinski definition) is 2. The van der Waals surface area contributed by atoms with Crippen molar-refractivity contribution in [1.29, 1.82) is 0 Å². The summed E-state index contributed by atoms with van der Waals surface area (Å²) in [4.78, 5) is 4.68. The van der Waals surface area contributed by atoms with Crippen LogP contribution < -0.4 is 24.8 Å². The zero-order chi connectivity index (χ0) is 20.2. The van der Waals surface area contributed by atoms with Crippen molar-refractivity contribution in [3.63, 3.8) is 0 Å². The van der Waals surface area contributed by atoms with Crippen molar-refractivity contribution >= 4 is 5.96 Å². The maximum atomic E-state index is 5.69. The largest absolute Gasteiger partial charge is 0.494 e. The number of nitrogens with one attached hydrogen (secondary N) is 2. The number of hydrogen-bond acceptors (Lipinski definition) is 4. The molecule has 0 bridgehead atoms. The fourth-order valence-corrected chi connectivity index (χ4v) is 2.64. The lowest BCUT2D eigenvalue weighted by Crippen LogP contribution is -2.36. The van der Waals surface area contributed by atoms with E-state index in [0.717, 1.165) is 48.2 Å². The monoisotopic (exact) mass is 385 g/mol. The molecule has 2 N–H and O–H groups in total. The van der Waals surface area contributed by atoms with Crippen molar-refractivity contribution in [3.05, 3.63) is 53.6 Å². The van der Waals surface area contributed by atoms with E-state index in [1.54, 1.807) is 14.2 Å². The van der Waals surface area contributed by atoms with Crippen molar-refractivity contribution < 1.29 is 14.2 Å². The van der Waals surface area contributed by atoms with Crippen molar-refractivity contribution in [2.24, 2.45) is 4.99 Å². The van der Waals surface area contributed by atoms with E-state index in [-0.39, 0.29) is 0 Å². The maximum absolute atomic E-state index is 5.69. The van der Waals surface area contributed by atoms with Gasteiger partial charge in [0.15, 0.2) is 17.5 Å². The topological polar surface area (TPSA) is 64.1 Å². The van der Waals surface area contributed by atoms with E-state index in [2.05, 4.69) is 28.6 Å². The Hall–Kier alpha value is -2.89. The van der Waals surface area contributed by atoms with Gasteiger partial charge in [0.1, 0.15) is 5.75 Å². The van der Waals surface area contributed by atoms with Crippen LogP contribution in [0, 0.1) is 0 Å². The van der Waals surface area contributed by atoms with Crippen LogP contribution in [0.4, 0.5) is 0 Å². The van der Waals surface area contributed by atoms with E-state index in [9.17, 15) is 0 Å². The highest BCUT2D eigenvalue weighted by Crippen LogP contribution is 2.27. The van der Waals surface area contributed by atoms with Gasteiger partial charge in [-0.1, -0.05) is 25.1 Å². The minimum atomic E-state index is 0.574. The van der Waals surface area contributed by atoms with Gasteiger partial charge in [-0.3, -0.25) is 0 Å². The van der Waals surface area contributed by atoms with Gasteiger partial charge in [-0.2, -0.15) is 0 Å². The van der Waals surface area contributed by atoms with Crippen LogP contribution in [0.15, 0.2) is 47.5 Å². The van der Waals surface area contributed by atoms with Gasteiger partial charge in [-0.05, 0) is 48.7 Å². The Morgan fingerprint density at radius 3 is 2.46 bits per heavy atom. The van der Waals surface area contributed by atoms with E-state index < -0.39 is 0 Å². The summed E-state index contributed by atoms with van der Waals surface area (Å²) < 4.78 is 16.3. The van der Waals surface area contributed by atoms with E-state index >= 15 is 0 Å². The van der Waals surface area contributed by atoms with E-state index in [1.807, 2.05) is 43.3 Å². The Bertz CT molecular complexity index is 762. The van der Waals surface area contributed by atoms with E-state index in [4.69, 9.17) is 14.2 Å². The number of benzene rings is 2. The molecular weight excluding hydrogens is 354 g/mol. The van der Waals surface area contributed by atoms with Crippen LogP contribution in [0.25, 0.3) is 0 Å². The molecule has 0 unspecified atom stereocenters. The van der Waals surface area contributed by atoms with Gasteiger partial charge in [0.2, 0.25) is 0 Å². The number of nitrogens with zero attached hydrogens (tertiary/aromatic N) is 1. The minimum absolute atomic E-state index is 0.574. The number of rotatable bonds is 10. The van der Waals surface area contributed by atoms with Crippen LogP contribution in [0.5, 0.6) is 17.2 Å². The molecule has 0 aliphatic carbocycles. The summed E-state index contributed by atoms with van der Waals surface area (Å²) >= 11 is 0. The summed E-state index contributed by atoms with van der Waals surface area (Å²) in [5.41, 5.74) is 2.19. The number of methoxy groups -OCH3 is 2. The molecule has 0 fully saturated rings. The molecule has 0 saturated heterocycles. The Kier molecular flexibility index (Phi) is 8.98. The zero-order valence-corrected chi connectivity index (χ0v) is 17.2. The molecule has 28 heavy (non-hydrogen) atoms. The summed E-state index contributed by atoms with van der Waals surface area (Å²) in [6.07, 6.45) is 0.993. The van der Waals surface area contributed by atoms with Crippen LogP contribution in [0.1, 0.15) is 31.4 Å². The Labute approximate surface area is 167 Å². The molecule has 0 amide bonds. The summed E-state index contributed by atoms with van der Waals surface area (Å²) in [5.74, 6) is 3.08. The van der Waals surface area contributed by atoms with Gasteiger partial charge in [-0.25, -0.2) is 4.99 Å². The van der Waals surface area contributed by atoms with Crippen LogP contribution in [-0.2, 0) is 13.1 Å². The minimum Gasteiger partial charge on any atom is -0.494 e. The third-order valence-electron chi connectivity index (χ3n) is 4.04. The van der Waals surface area contributed by atoms with Crippen LogP contribution in [-0.4, -0.2) is 33.3 Å². The first-order chi connectivity index (χ1) is 13.7. The van der Waals surface area contributed by atoms with E-state index in [0.29, 0.717) is 18.8 Å². The molecule has 0 aliphatic rings. The third-order valence-corrected chi connectivity index (χ3v) is 4.04. The highest BCUT2D eigenvalue weighted by Gasteiger charge is 2.05. The van der Waals surface area contributed by atoms with Crippen LogP contribution >= 0.6 is 0 Å². The van der Waals surface area contributed by atoms with Crippen LogP contribution in [0.2, 0.25) is 0 Å². The molecule has 2 rings (SSSR count). The predicted octanol–water partition coefficient (Wildman–Crippen LogP) is 3.75. The lowest BCUT2D eigenvalue weighted by molar-refractivity contribution is 0.317. The van der Waals surface area contributed by atoms with Crippen LogP contribution in [0.3, 0.4) is 0 Å². The molecule has 0 radical (unpaired) electrons. The van der Waals surface area contributed by atoms with Crippen molar-refractivity contribution in [2.45, 2.75) is 33.4 Å². The lowest BCUT2D eigenvalue weighted by atomic mass is 10.2. The second-order valence-electron chi connectivity index (χ2n) is 6.23. The standard InChI is InChI=1S/C22H31N3O3/c1-5-12-28-19-9-7-8-17(13-19)15-24-22(23-6-2)25-16-18-10-11-20(26-3)21(14-18)27-4/h7-11,13-14H,5-6,12,15-16H2,1-4H3,(H2,23,24,25). The number of guanidine groups is 1. The second-order valence-corrected chi connectivity index (χ2v) is 6.23. The maximum Gasteiger partial charge on any atom is 0.191 e.